The van der Waals surface area contributed by atoms with Gasteiger partial charge in [0.1, 0.15) is 0 Å². The average Bonchev–Trinajstić information content (AvgIpc) is 2.86. The van der Waals surface area contributed by atoms with Gasteiger partial charge in [-0.05, 0) is 55.0 Å². The zero-order chi connectivity index (χ0) is 22.9. The van der Waals surface area contributed by atoms with E-state index >= 15 is 0 Å². The minimum Gasteiger partial charge on any atom is -0.368 e. The number of amides is 1. The van der Waals surface area contributed by atoms with Crippen LogP contribution in [0, 0.1) is 6.92 Å². The molecule has 2 aromatic carbocycles. The number of anilines is 1. The molecule has 0 aliphatic carbocycles. The first-order valence-corrected chi connectivity index (χ1v) is 11.6. The van der Waals surface area contributed by atoms with Crippen molar-refractivity contribution in [3.05, 3.63) is 88.2 Å². The molecule has 0 atom stereocenters. The summed E-state index contributed by atoms with van der Waals surface area (Å²) in [4.78, 5) is 26.9. The Kier molecular flexibility index (Phi) is 5.92. The summed E-state index contributed by atoms with van der Waals surface area (Å²) in [6.45, 7) is 4.68. The molecule has 2 aromatic heterocycles. The van der Waals surface area contributed by atoms with E-state index in [1.165, 1.54) is 0 Å². The zero-order valence-electron chi connectivity index (χ0n) is 18.1. The summed E-state index contributed by atoms with van der Waals surface area (Å²) < 4.78 is 0. The maximum Gasteiger partial charge on any atom is 0.254 e. The molecule has 0 bridgehead atoms. The number of hydrogen-bond donors (Lipinski definition) is 0. The van der Waals surface area contributed by atoms with E-state index in [2.05, 4.69) is 9.88 Å². The molecule has 0 spiro atoms. The fraction of sp³-hybridized carbons (Fsp3) is 0.192. The third-order valence-electron chi connectivity index (χ3n) is 6.10. The van der Waals surface area contributed by atoms with E-state index in [1.54, 1.807) is 12.4 Å². The van der Waals surface area contributed by atoms with Crippen LogP contribution in [0.4, 0.5) is 5.69 Å². The third kappa shape index (κ3) is 4.26. The van der Waals surface area contributed by atoms with Crippen LogP contribution in [0.3, 0.4) is 0 Å². The van der Waals surface area contributed by atoms with Crippen molar-refractivity contribution in [2.45, 2.75) is 6.92 Å². The van der Waals surface area contributed by atoms with Crippen molar-refractivity contribution in [3.63, 3.8) is 0 Å². The number of aryl methyl sites for hydroxylation is 1. The van der Waals surface area contributed by atoms with E-state index in [4.69, 9.17) is 28.2 Å². The van der Waals surface area contributed by atoms with Gasteiger partial charge in [0.05, 0.1) is 16.8 Å². The van der Waals surface area contributed by atoms with Gasteiger partial charge in [0.2, 0.25) is 0 Å². The summed E-state index contributed by atoms with van der Waals surface area (Å²) in [7, 11) is 0. The Morgan fingerprint density at radius 2 is 1.79 bits per heavy atom. The lowest BCUT2D eigenvalue weighted by Gasteiger charge is -2.36. The van der Waals surface area contributed by atoms with Crippen LogP contribution in [0.2, 0.25) is 10.0 Å². The maximum atomic E-state index is 13.7. The Labute approximate surface area is 202 Å². The third-order valence-corrected chi connectivity index (χ3v) is 6.74. The average molecular weight is 477 g/mol. The predicted octanol–water partition coefficient (Wildman–Crippen LogP) is 5.87. The molecule has 1 fully saturated rings. The molecule has 5 nitrogen and oxygen atoms in total. The second-order valence-electron chi connectivity index (χ2n) is 8.12. The number of aromatic nitrogens is 2. The van der Waals surface area contributed by atoms with Gasteiger partial charge in [-0.3, -0.25) is 9.78 Å². The van der Waals surface area contributed by atoms with Gasteiger partial charge in [0, 0.05) is 65.3 Å². The van der Waals surface area contributed by atoms with Gasteiger partial charge < -0.3 is 9.80 Å². The van der Waals surface area contributed by atoms with Crippen molar-refractivity contribution in [1.82, 2.24) is 14.9 Å². The molecular formula is C26H22Cl2N4O. The monoisotopic (exact) mass is 476 g/mol. The summed E-state index contributed by atoms with van der Waals surface area (Å²) >= 11 is 12.5. The molecule has 0 N–H and O–H groups in total. The van der Waals surface area contributed by atoms with E-state index in [0.717, 1.165) is 40.8 Å². The van der Waals surface area contributed by atoms with Gasteiger partial charge in [-0.15, -0.1) is 0 Å². The number of piperazine rings is 1. The Bertz CT molecular complexity index is 1340. The van der Waals surface area contributed by atoms with Crippen molar-refractivity contribution in [2.75, 3.05) is 31.1 Å². The highest BCUT2D eigenvalue weighted by atomic mass is 35.5. The topological polar surface area (TPSA) is 49.3 Å². The molecule has 4 aromatic rings. The minimum atomic E-state index is 0.00000633. The molecular weight excluding hydrogens is 455 g/mol. The highest BCUT2D eigenvalue weighted by Gasteiger charge is 2.25. The molecule has 1 aliphatic heterocycles. The highest BCUT2D eigenvalue weighted by Crippen LogP contribution is 2.31. The maximum absolute atomic E-state index is 13.7. The van der Waals surface area contributed by atoms with Gasteiger partial charge in [-0.2, -0.15) is 0 Å². The first-order valence-electron chi connectivity index (χ1n) is 10.8. The lowest BCUT2D eigenvalue weighted by Crippen LogP contribution is -2.48. The van der Waals surface area contributed by atoms with Gasteiger partial charge >= 0.3 is 0 Å². The normalized spacial score (nSPS) is 14.0. The number of benzene rings is 2. The van der Waals surface area contributed by atoms with Crippen LogP contribution >= 0.6 is 23.2 Å². The van der Waals surface area contributed by atoms with Crippen LogP contribution in [0.1, 0.15) is 15.9 Å². The van der Waals surface area contributed by atoms with Crippen molar-refractivity contribution in [3.8, 4) is 11.3 Å². The minimum absolute atomic E-state index is 0.00000633. The van der Waals surface area contributed by atoms with E-state index in [-0.39, 0.29) is 5.91 Å². The fourth-order valence-electron chi connectivity index (χ4n) is 4.25. The lowest BCUT2D eigenvalue weighted by molar-refractivity contribution is 0.0748. The SMILES string of the molecule is Cc1c(Cl)ccc2c(C(=O)N3CCN(c4cccc(Cl)c4)CC3)cc(-c3cccnc3)nc12. The van der Waals surface area contributed by atoms with Crippen molar-refractivity contribution in [2.24, 2.45) is 0 Å². The number of hydrogen-bond acceptors (Lipinski definition) is 4. The van der Waals surface area contributed by atoms with Crippen molar-refractivity contribution < 1.29 is 4.79 Å². The fourth-order valence-corrected chi connectivity index (χ4v) is 4.59. The smallest absolute Gasteiger partial charge is 0.254 e. The first-order chi connectivity index (χ1) is 16.0. The molecule has 0 radical (unpaired) electrons. The Hall–Kier alpha value is -3.15. The largest absolute Gasteiger partial charge is 0.368 e. The Balaban J connectivity index is 1.49. The second-order valence-corrected chi connectivity index (χ2v) is 8.97. The van der Waals surface area contributed by atoms with Gasteiger partial charge in [-0.25, -0.2) is 4.98 Å². The number of fused-ring (bicyclic) bond motifs is 1. The van der Waals surface area contributed by atoms with Crippen LogP contribution in [-0.4, -0.2) is 47.0 Å². The highest BCUT2D eigenvalue weighted by molar-refractivity contribution is 6.32. The van der Waals surface area contributed by atoms with Gasteiger partial charge in [0.25, 0.3) is 5.91 Å². The summed E-state index contributed by atoms with van der Waals surface area (Å²) in [5, 5.41) is 2.16. The molecule has 3 heterocycles. The Morgan fingerprint density at radius 1 is 0.970 bits per heavy atom. The van der Waals surface area contributed by atoms with Crippen LogP contribution in [0.15, 0.2) is 67.0 Å². The van der Waals surface area contributed by atoms with E-state index in [0.29, 0.717) is 34.4 Å². The molecule has 1 amide bonds. The second kappa shape index (κ2) is 9.00. The summed E-state index contributed by atoms with van der Waals surface area (Å²) in [5.41, 5.74) is 4.88. The standard InChI is InChI=1S/C26H22Cl2N4O/c1-17-23(28)8-7-21-22(15-24(30-25(17)21)18-4-3-9-29-16-18)26(33)32-12-10-31(11-13-32)20-6-2-5-19(27)14-20/h2-9,14-16H,10-13H2,1H3. The van der Waals surface area contributed by atoms with Crippen LogP contribution in [0.5, 0.6) is 0 Å². The molecule has 33 heavy (non-hydrogen) atoms. The number of carbonyl (C=O) groups excluding carboxylic acids is 1. The van der Waals surface area contributed by atoms with Crippen molar-refractivity contribution in [1.29, 1.82) is 0 Å². The molecule has 1 saturated heterocycles. The first kappa shape index (κ1) is 21.7. The Morgan fingerprint density at radius 3 is 2.52 bits per heavy atom. The number of halogens is 2. The molecule has 7 heteroatoms. The number of nitrogens with zero attached hydrogens (tertiary/aromatic N) is 4. The molecule has 0 unspecified atom stereocenters. The van der Waals surface area contributed by atoms with Crippen LogP contribution in [-0.2, 0) is 0 Å². The molecule has 0 saturated carbocycles. The summed E-state index contributed by atoms with van der Waals surface area (Å²) in [5.74, 6) is 0.00000633. The quantitative estimate of drug-likeness (QED) is 0.370. The van der Waals surface area contributed by atoms with E-state index in [9.17, 15) is 4.79 Å². The van der Waals surface area contributed by atoms with Crippen molar-refractivity contribution >= 4 is 45.7 Å². The summed E-state index contributed by atoms with van der Waals surface area (Å²) in [6.07, 6.45) is 3.48. The lowest BCUT2D eigenvalue weighted by atomic mass is 10.0. The van der Waals surface area contributed by atoms with Gasteiger partial charge in [-0.1, -0.05) is 35.3 Å². The number of pyridine rings is 2. The number of carbonyl (C=O) groups is 1. The van der Waals surface area contributed by atoms with Gasteiger partial charge in [0.15, 0.2) is 0 Å². The van der Waals surface area contributed by atoms with E-state index < -0.39 is 0 Å². The van der Waals surface area contributed by atoms with E-state index in [1.807, 2.05) is 66.4 Å². The molecule has 1 aliphatic rings. The van der Waals surface area contributed by atoms with Crippen LogP contribution in [0.25, 0.3) is 22.2 Å². The number of rotatable bonds is 3. The van der Waals surface area contributed by atoms with Crippen LogP contribution < -0.4 is 4.90 Å². The summed E-state index contributed by atoms with van der Waals surface area (Å²) in [6, 6.07) is 17.2. The molecule has 5 rings (SSSR count). The zero-order valence-corrected chi connectivity index (χ0v) is 19.6. The predicted molar refractivity (Wildman–Crippen MR) is 134 cm³/mol. The molecule has 166 valence electrons.